The molecule has 0 unspecified atom stereocenters. The molecule has 20 heavy (non-hydrogen) atoms. The first-order valence-corrected chi connectivity index (χ1v) is 5.99. The Morgan fingerprint density at radius 1 is 1.10 bits per heavy atom. The van der Waals surface area contributed by atoms with Gasteiger partial charge in [-0.1, -0.05) is 12.1 Å². The maximum Gasteiger partial charge on any atom is 0.198 e. The van der Waals surface area contributed by atoms with Gasteiger partial charge in [0.15, 0.2) is 28.9 Å². The smallest absolute Gasteiger partial charge is 0.198 e. The summed E-state index contributed by atoms with van der Waals surface area (Å²) in [6, 6.07) is 8.38. The van der Waals surface area contributed by atoms with Crippen LogP contribution in [0.1, 0.15) is 17.3 Å². The summed E-state index contributed by atoms with van der Waals surface area (Å²) in [5, 5.41) is 0. The Hall–Kier alpha value is -2.43. The minimum atomic E-state index is -0.946. The van der Waals surface area contributed by atoms with Crippen LogP contribution in [0.3, 0.4) is 0 Å². The largest absolute Gasteiger partial charge is 0.490 e. The lowest BCUT2D eigenvalue weighted by Gasteiger charge is -2.12. The Labute approximate surface area is 114 Å². The van der Waals surface area contributed by atoms with Crippen molar-refractivity contribution in [3.05, 3.63) is 53.6 Å². The Morgan fingerprint density at radius 2 is 1.70 bits per heavy atom. The van der Waals surface area contributed by atoms with Gasteiger partial charge in [0.1, 0.15) is 6.29 Å². The van der Waals surface area contributed by atoms with Crippen LogP contribution in [0.15, 0.2) is 36.4 Å². The van der Waals surface area contributed by atoms with Gasteiger partial charge in [-0.25, -0.2) is 8.78 Å². The van der Waals surface area contributed by atoms with E-state index in [4.69, 9.17) is 9.47 Å². The Balaban J connectivity index is 2.37. The SMILES string of the molecule is CCOc1ccccc1Oc1c(F)cc(C=O)cc1F. The molecule has 0 atom stereocenters. The zero-order chi connectivity index (χ0) is 14.5. The van der Waals surface area contributed by atoms with Crippen LogP contribution in [-0.2, 0) is 0 Å². The summed E-state index contributed by atoms with van der Waals surface area (Å²) in [6.07, 6.45) is 0.365. The molecule has 0 spiro atoms. The Kier molecular flexibility index (Phi) is 4.30. The molecule has 0 fully saturated rings. The third-order valence-corrected chi connectivity index (χ3v) is 2.52. The second-order valence-electron chi connectivity index (χ2n) is 3.91. The lowest BCUT2D eigenvalue weighted by Crippen LogP contribution is -1.98. The Bertz CT molecular complexity index is 603. The number of para-hydroxylation sites is 2. The summed E-state index contributed by atoms with van der Waals surface area (Å²) < 4.78 is 38.0. The quantitative estimate of drug-likeness (QED) is 0.776. The van der Waals surface area contributed by atoms with Gasteiger partial charge in [0.05, 0.1) is 6.61 Å². The van der Waals surface area contributed by atoms with E-state index in [1.165, 1.54) is 6.07 Å². The van der Waals surface area contributed by atoms with Crippen LogP contribution in [0.2, 0.25) is 0 Å². The van der Waals surface area contributed by atoms with E-state index in [1.807, 2.05) is 0 Å². The summed E-state index contributed by atoms with van der Waals surface area (Å²) in [4.78, 5) is 10.5. The van der Waals surface area contributed by atoms with Gasteiger partial charge in [-0.15, -0.1) is 0 Å². The number of ether oxygens (including phenoxy) is 2. The molecule has 0 amide bonds. The van der Waals surface area contributed by atoms with Gasteiger partial charge in [0, 0.05) is 5.56 Å². The van der Waals surface area contributed by atoms with Crippen LogP contribution < -0.4 is 9.47 Å². The molecule has 2 aromatic rings. The van der Waals surface area contributed by atoms with Gasteiger partial charge >= 0.3 is 0 Å². The van der Waals surface area contributed by atoms with Crippen LogP contribution >= 0.6 is 0 Å². The van der Waals surface area contributed by atoms with Crippen molar-refractivity contribution >= 4 is 6.29 Å². The van der Waals surface area contributed by atoms with E-state index in [1.54, 1.807) is 25.1 Å². The number of carbonyl (C=O) groups excluding carboxylic acids is 1. The molecule has 0 radical (unpaired) electrons. The zero-order valence-electron chi connectivity index (χ0n) is 10.7. The number of aldehydes is 1. The topological polar surface area (TPSA) is 35.5 Å². The lowest BCUT2D eigenvalue weighted by atomic mass is 10.2. The predicted molar refractivity (Wildman–Crippen MR) is 69.4 cm³/mol. The van der Waals surface area contributed by atoms with Crippen LogP contribution in [0.5, 0.6) is 17.2 Å². The highest BCUT2D eigenvalue weighted by atomic mass is 19.1. The molecule has 0 saturated heterocycles. The Morgan fingerprint density at radius 3 is 2.25 bits per heavy atom. The van der Waals surface area contributed by atoms with E-state index in [0.29, 0.717) is 18.6 Å². The summed E-state index contributed by atoms with van der Waals surface area (Å²) >= 11 is 0. The average molecular weight is 278 g/mol. The standard InChI is InChI=1S/C15H12F2O3/c1-2-19-13-5-3-4-6-14(13)20-15-11(16)7-10(9-18)8-12(15)17/h3-9H,2H2,1H3. The fourth-order valence-corrected chi connectivity index (χ4v) is 1.66. The third kappa shape index (κ3) is 2.93. The minimum Gasteiger partial charge on any atom is -0.490 e. The van der Waals surface area contributed by atoms with Crippen LogP contribution in [0.25, 0.3) is 0 Å². The van der Waals surface area contributed by atoms with Crippen LogP contribution in [-0.4, -0.2) is 12.9 Å². The van der Waals surface area contributed by atoms with Crippen molar-refractivity contribution in [1.82, 2.24) is 0 Å². The van der Waals surface area contributed by atoms with Crippen LogP contribution in [0.4, 0.5) is 8.78 Å². The maximum atomic E-state index is 13.7. The molecule has 2 rings (SSSR count). The minimum absolute atomic E-state index is 0.0922. The molecule has 0 aliphatic heterocycles. The van der Waals surface area contributed by atoms with Crippen molar-refractivity contribution in [2.45, 2.75) is 6.92 Å². The number of benzene rings is 2. The fourth-order valence-electron chi connectivity index (χ4n) is 1.66. The van der Waals surface area contributed by atoms with Gasteiger partial charge in [0.25, 0.3) is 0 Å². The van der Waals surface area contributed by atoms with E-state index >= 15 is 0 Å². The second kappa shape index (κ2) is 6.14. The highest BCUT2D eigenvalue weighted by Gasteiger charge is 2.15. The number of hydrogen-bond acceptors (Lipinski definition) is 3. The normalized spacial score (nSPS) is 10.2. The number of halogens is 2. The van der Waals surface area contributed by atoms with Crippen LogP contribution in [0, 0.1) is 11.6 Å². The van der Waals surface area contributed by atoms with Crippen molar-refractivity contribution in [3.8, 4) is 17.2 Å². The van der Waals surface area contributed by atoms with Gasteiger partial charge in [-0.3, -0.25) is 4.79 Å². The van der Waals surface area contributed by atoms with E-state index in [-0.39, 0.29) is 11.3 Å². The number of carbonyl (C=O) groups is 1. The molecule has 0 aromatic heterocycles. The predicted octanol–water partition coefficient (Wildman–Crippen LogP) is 3.97. The summed E-state index contributed by atoms with van der Waals surface area (Å²) in [5.41, 5.74) is -0.0922. The summed E-state index contributed by atoms with van der Waals surface area (Å²) in [6.45, 7) is 2.19. The molecule has 0 aliphatic carbocycles. The van der Waals surface area contributed by atoms with E-state index < -0.39 is 17.4 Å². The van der Waals surface area contributed by atoms with Crippen molar-refractivity contribution in [2.24, 2.45) is 0 Å². The van der Waals surface area contributed by atoms with Gasteiger partial charge < -0.3 is 9.47 Å². The molecule has 0 aliphatic rings. The van der Waals surface area contributed by atoms with E-state index in [0.717, 1.165) is 12.1 Å². The number of hydrogen-bond donors (Lipinski definition) is 0. The molecule has 0 saturated carbocycles. The summed E-state index contributed by atoms with van der Waals surface area (Å²) in [7, 11) is 0. The second-order valence-corrected chi connectivity index (χ2v) is 3.91. The molecule has 2 aromatic carbocycles. The molecular formula is C15H12F2O3. The van der Waals surface area contributed by atoms with Crippen molar-refractivity contribution in [2.75, 3.05) is 6.61 Å². The van der Waals surface area contributed by atoms with E-state index in [9.17, 15) is 13.6 Å². The molecular weight excluding hydrogens is 266 g/mol. The molecule has 0 bridgehead atoms. The molecule has 0 heterocycles. The van der Waals surface area contributed by atoms with Gasteiger partial charge in [-0.2, -0.15) is 0 Å². The van der Waals surface area contributed by atoms with Gasteiger partial charge in [-0.05, 0) is 31.2 Å². The maximum absolute atomic E-state index is 13.7. The highest BCUT2D eigenvalue weighted by Crippen LogP contribution is 2.34. The third-order valence-electron chi connectivity index (χ3n) is 2.52. The van der Waals surface area contributed by atoms with Crippen molar-refractivity contribution < 1.29 is 23.0 Å². The summed E-state index contributed by atoms with van der Waals surface area (Å²) in [5.74, 6) is -1.88. The van der Waals surface area contributed by atoms with Crippen molar-refractivity contribution in [3.63, 3.8) is 0 Å². The van der Waals surface area contributed by atoms with Crippen molar-refractivity contribution in [1.29, 1.82) is 0 Å². The molecule has 5 heteroatoms. The first kappa shape index (κ1) is 14.0. The first-order valence-electron chi connectivity index (χ1n) is 5.99. The monoisotopic (exact) mass is 278 g/mol. The molecule has 104 valence electrons. The highest BCUT2D eigenvalue weighted by molar-refractivity contribution is 5.75. The van der Waals surface area contributed by atoms with Gasteiger partial charge in [0.2, 0.25) is 0 Å². The molecule has 3 nitrogen and oxygen atoms in total. The zero-order valence-corrected chi connectivity index (χ0v) is 10.7. The first-order chi connectivity index (χ1) is 9.65. The lowest BCUT2D eigenvalue weighted by molar-refractivity contribution is 0.112. The fraction of sp³-hybridized carbons (Fsp3) is 0.133. The van der Waals surface area contributed by atoms with E-state index in [2.05, 4.69) is 0 Å². The average Bonchev–Trinajstić information content (AvgIpc) is 2.44. The number of rotatable bonds is 5. The molecule has 0 N–H and O–H groups in total.